The molecule has 1 aliphatic heterocycles. The molecule has 0 spiro atoms. The fraction of sp³-hybridized carbons (Fsp3) is 0.417. The third-order valence-corrected chi connectivity index (χ3v) is 6.73. The molecule has 6 nitrogen and oxygen atoms in total. The van der Waals surface area contributed by atoms with Gasteiger partial charge in [-0.1, -0.05) is 23.7 Å². The maximum Gasteiger partial charge on any atom is 0.415 e. The summed E-state index contributed by atoms with van der Waals surface area (Å²) >= 11 is 6.06. The second-order valence-electron chi connectivity index (χ2n) is 8.43. The van der Waals surface area contributed by atoms with Crippen molar-refractivity contribution in [3.8, 4) is 5.75 Å². The second-order valence-corrected chi connectivity index (χ2v) is 8.86. The Hall–Kier alpha value is -2.64. The van der Waals surface area contributed by atoms with Crippen LogP contribution in [-0.2, 0) is 9.53 Å². The summed E-state index contributed by atoms with van der Waals surface area (Å²) in [5.74, 6) is -0.170. The van der Waals surface area contributed by atoms with Crippen LogP contribution in [0.5, 0.6) is 5.75 Å². The number of likely N-dealkylation sites (N-methyl/N-ethyl adjacent to an activating group) is 1. The van der Waals surface area contributed by atoms with E-state index < -0.39 is 11.9 Å². The monoisotopic (exact) mass is 460 g/mol. The highest BCUT2D eigenvalue weighted by atomic mass is 35.5. The number of halogens is 2. The van der Waals surface area contributed by atoms with Crippen LogP contribution in [0.4, 0.5) is 9.18 Å². The number of carbonyl (C=O) groups is 2. The molecule has 1 saturated carbocycles. The van der Waals surface area contributed by atoms with Crippen LogP contribution < -0.4 is 4.74 Å². The van der Waals surface area contributed by atoms with Gasteiger partial charge < -0.3 is 19.3 Å². The molecule has 2 amide bonds. The van der Waals surface area contributed by atoms with Crippen LogP contribution in [0.15, 0.2) is 48.5 Å². The zero-order valence-electron chi connectivity index (χ0n) is 18.0. The fourth-order valence-electron chi connectivity index (χ4n) is 4.43. The first-order chi connectivity index (χ1) is 15.4. The average molecular weight is 461 g/mol. The Balaban J connectivity index is 1.51. The summed E-state index contributed by atoms with van der Waals surface area (Å²) in [5, 5.41) is 0.625. The third-order valence-electron chi connectivity index (χ3n) is 6.48. The van der Waals surface area contributed by atoms with E-state index in [4.69, 9.17) is 21.1 Å². The molecule has 0 N–H and O–H groups in total. The van der Waals surface area contributed by atoms with Gasteiger partial charge in [0.25, 0.3) is 0 Å². The Morgan fingerprint density at radius 2 is 1.72 bits per heavy atom. The lowest BCUT2D eigenvalue weighted by Gasteiger charge is -2.35. The summed E-state index contributed by atoms with van der Waals surface area (Å²) in [6, 6.07) is 12.5. The molecule has 1 heterocycles. The third kappa shape index (κ3) is 4.74. The fourth-order valence-corrected chi connectivity index (χ4v) is 4.55. The molecule has 4 rings (SSSR count). The highest BCUT2D eigenvalue weighted by Crippen LogP contribution is 2.36. The van der Waals surface area contributed by atoms with E-state index in [9.17, 15) is 14.0 Å². The summed E-state index contributed by atoms with van der Waals surface area (Å²) in [7, 11) is 3.33. The quantitative estimate of drug-likeness (QED) is 0.666. The number of methoxy groups -OCH3 is 1. The number of hydrogen-bond donors (Lipinski definition) is 0. The van der Waals surface area contributed by atoms with Crippen molar-refractivity contribution in [1.29, 1.82) is 0 Å². The SMILES string of the molecule is COC1CC(C(=O)N2CC(c3ccc(Cl)cc3)C(N(C)C(=O)Oc3ccc(F)cc3)C2)C1. The molecular formula is C24H26ClFN2O4. The molecule has 2 aromatic carbocycles. The summed E-state index contributed by atoms with van der Waals surface area (Å²) in [6.07, 6.45) is 1.04. The first-order valence-electron chi connectivity index (χ1n) is 10.6. The van der Waals surface area contributed by atoms with E-state index in [0.29, 0.717) is 18.1 Å². The Labute approximate surface area is 191 Å². The number of rotatable bonds is 5. The van der Waals surface area contributed by atoms with E-state index in [-0.39, 0.29) is 35.6 Å². The van der Waals surface area contributed by atoms with Crippen LogP contribution in [0.3, 0.4) is 0 Å². The van der Waals surface area contributed by atoms with E-state index in [1.54, 1.807) is 14.2 Å². The number of carbonyl (C=O) groups excluding carboxylic acids is 2. The summed E-state index contributed by atoms with van der Waals surface area (Å²) in [5.41, 5.74) is 1.000. The zero-order valence-corrected chi connectivity index (χ0v) is 18.8. The van der Waals surface area contributed by atoms with Crippen molar-refractivity contribution in [2.45, 2.75) is 30.9 Å². The normalized spacial score (nSPS) is 24.7. The van der Waals surface area contributed by atoms with Gasteiger partial charge in [0.05, 0.1) is 12.1 Å². The topological polar surface area (TPSA) is 59.1 Å². The van der Waals surface area contributed by atoms with Crippen molar-refractivity contribution in [3.63, 3.8) is 0 Å². The van der Waals surface area contributed by atoms with Crippen molar-refractivity contribution in [1.82, 2.24) is 9.80 Å². The largest absolute Gasteiger partial charge is 0.415 e. The van der Waals surface area contributed by atoms with Gasteiger partial charge in [0.15, 0.2) is 0 Å². The molecule has 2 atom stereocenters. The van der Waals surface area contributed by atoms with Crippen molar-refractivity contribution in [2.75, 3.05) is 27.2 Å². The van der Waals surface area contributed by atoms with Crippen LogP contribution in [0.2, 0.25) is 5.02 Å². The van der Waals surface area contributed by atoms with Crippen molar-refractivity contribution >= 4 is 23.6 Å². The average Bonchev–Trinajstić information content (AvgIpc) is 3.20. The minimum absolute atomic E-state index is 0.0407. The van der Waals surface area contributed by atoms with E-state index in [1.807, 2.05) is 29.2 Å². The molecule has 0 radical (unpaired) electrons. The van der Waals surface area contributed by atoms with Gasteiger partial charge in [-0.2, -0.15) is 0 Å². The number of hydrogen-bond acceptors (Lipinski definition) is 4. The Morgan fingerprint density at radius 1 is 1.06 bits per heavy atom. The molecule has 8 heteroatoms. The Morgan fingerprint density at radius 3 is 2.34 bits per heavy atom. The maximum absolute atomic E-state index is 13.2. The summed E-state index contributed by atoms with van der Waals surface area (Å²) < 4.78 is 23.9. The van der Waals surface area contributed by atoms with Gasteiger partial charge in [-0.05, 0) is 54.8 Å². The molecule has 0 bridgehead atoms. The molecule has 2 fully saturated rings. The highest BCUT2D eigenvalue weighted by molar-refractivity contribution is 6.30. The van der Waals surface area contributed by atoms with E-state index in [0.717, 1.165) is 18.4 Å². The summed E-state index contributed by atoms with van der Waals surface area (Å²) in [4.78, 5) is 29.3. The number of amides is 2. The van der Waals surface area contributed by atoms with Crippen LogP contribution in [0.1, 0.15) is 24.3 Å². The predicted molar refractivity (Wildman–Crippen MR) is 118 cm³/mol. The van der Waals surface area contributed by atoms with Crippen molar-refractivity contribution in [2.24, 2.45) is 5.92 Å². The van der Waals surface area contributed by atoms with Crippen LogP contribution in [-0.4, -0.2) is 61.2 Å². The molecular weight excluding hydrogens is 435 g/mol. The minimum atomic E-state index is -0.557. The minimum Gasteiger partial charge on any atom is -0.410 e. The van der Waals surface area contributed by atoms with Crippen molar-refractivity contribution < 1.29 is 23.5 Å². The van der Waals surface area contributed by atoms with Gasteiger partial charge in [-0.3, -0.25) is 4.79 Å². The lowest BCUT2D eigenvalue weighted by Crippen LogP contribution is -2.46. The highest BCUT2D eigenvalue weighted by Gasteiger charge is 2.44. The second kappa shape index (κ2) is 9.46. The number of likely N-dealkylation sites (tertiary alicyclic amines) is 1. The standard InChI is InChI=1S/C24H26ClFN2O4/c1-27(24(30)32-19-9-7-18(26)8-10-19)22-14-28(23(29)16-11-20(12-16)31-2)13-21(22)15-3-5-17(25)6-4-15/h3-10,16,20-22H,11-14H2,1-2H3. The van der Waals surface area contributed by atoms with Gasteiger partial charge >= 0.3 is 6.09 Å². The molecule has 2 unspecified atom stereocenters. The van der Waals surface area contributed by atoms with Crippen LogP contribution in [0.25, 0.3) is 0 Å². The van der Waals surface area contributed by atoms with Crippen LogP contribution in [0, 0.1) is 11.7 Å². The van der Waals surface area contributed by atoms with E-state index in [1.165, 1.54) is 29.2 Å². The molecule has 32 heavy (non-hydrogen) atoms. The number of nitrogens with zero attached hydrogens (tertiary/aromatic N) is 2. The number of benzene rings is 2. The lowest BCUT2D eigenvalue weighted by molar-refractivity contribution is -0.142. The van der Waals surface area contributed by atoms with Gasteiger partial charge in [0.1, 0.15) is 11.6 Å². The van der Waals surface area contributed by atoms with Gasteiger partial charge in [-0.15, -0.1) is 0 Å². The molecule has 2 aliphatic rings. The molecule has 1 saturated heterocycles. The van der Waals surface area contributed by atoms with Crippen LogP contribution >= 0.6 is 11.6 Å². The Kier molecular flexibility index (Phi) is 6.67. The zero-order chi connectivity index (χ0) is 22.8. The lowest BCUT2D eigenvalue weighted by atomic mass is 9.81. The van der Waals surface area contributed by atoms with E-state index >= 15 is 0 Å². The van der Waals surface area contributed by atoms with Gasteiger partial charge in [0, 0.05) is 44.1 Å². The Bertz CT molecular complexity index is 963. The van der Waals surface area contributed by atoms with Crippen molar-refractivity contribution in [3.05, 3.63) is 64.9 Å². The first-order valence-corrected chi connectivity index (χ1v) is 11.0. The molecule has 2 aromatic rings. The predicted octanol–water partition coefficient (Wildman–Crippen LogP) is 4.33. The van der Waals surface area contributed by atoms with Gasteiger partial charge in [0.2, 0.25) is 5.91 Å². The smallest absolute Gasteiger partial charge is 0.410 e. The van der Waals surface area contributed by atoms with E-state index in [2.05, 4.69) is 0 Å². The van der Waals surface area contributed by atoms with Gasteiger partial charge in [-0.25, -0.2) is 9.18 Å². The summed E-state index contributed by atoms with van der Waals surface area (Å²) in [6.45, 7) is 0.919. The molecule has 1 aliphatic carbocycles. The number of ether oxygens (including phenoxy) is 2. The molecule has 170 valence electrons. The molecule has 0 aromatic heterocycles. The maximum atomic E-state index is 13.2. The first kappa shape index (κ1) is 22.6.